The number of hydrogen-bond donors (Lipinski definition) is 1. The van der Waals surface area contributed by atoms with Crippen LogP contribution in [0.5, 0.6) is 0 Å². The molecule has 2 heterocycles. The summed E-state index contributed by atoms with van der Waals surface area (Å²) in [6.45, 7) is 5.25. The smallest absolute Gasteiger partial charge is 0.305 e. The number of aromatic amines is 1. The maximum Gasteiger partial charge on any atom is 0.305 e. The Bertz CT molecular complexity index is 590. The van der Waals surface area contributed by atoms with Crippen LogP contribution in [0.1, 0.15) is 12.6 Å². The zero-order valence-electron chi connectivity index (χ0n) is 10.6. The van der Waals surface area contributed by atoms with Crippen LogP contribution in [0, 0.1) is 6.92 Å². The number of piperazine rings is 1. The third-order valence-corrected chi connectivity index (χ3v) is 6.72. The molecule has 1 aromatic rings. The van der Waals surface area contributed by atoms with E-state index in [1.165, 1.54) is 4.31 Å². The largest absolute Gasteiger partial charge is 0.315 e. The van der Waals surface area contributed by atoms with Crippen LogP contribution in [0.3, 0.4) is 0 Å². The van der Waals surface area contributed by atoms with E-state index < -0.39 is 10.0 Å². The average molecular weight is 291 g/mol. The van der Waals surface area contributed by atoms with Crippen LogP contribution < -0.4 is 4.87 Å². The van der Waals surface area contributed by atoms with Crippen molar-refractivity contribution in [2.75, 3.05) is 26.7 Å². The van der Waals surface area contributed by atoms with Crippen LogP contribution in [0.15, 0.2) is 9.00 Å². The molecule has 0 spiro atoms. The van der Waals surface area contributed by atoms with Crippen LogP contribution in [-0.2, 0) is 10.0 Å². The molecule has 1 unspecified atom stereocenters. The van der Waals surface area contributed by atoms with E-state index in [4.69, 9.17) is 0 Å². The molecular weight excluding hydrogens is 274 g/mol. The van der Waals surface area contributed by atoms with Gasteiger partial charge >= 0.3 is 4.87 Å². The lowest BCUT2D eigenvalue weighted by atomic mass is 10.2. The zero-order chi connectivity index (χ0) is 13.5. The second-order valence-corrected chi connectivity index (χ2v) is 7.74. The number of nitrogens with one attached hydrogen (secondary N) is 1. The first-order valence-electron chi connectivity index (χ1n) is 5.72. The Labute approximate surface area is 110 Å². The van der Waals surface area contributed by atoms with E-state index >= 15 is 0 Å². The molecule has 1 saturated heterocycles. The quantitative estimate of drug-likeness (QED) is 0.837. The Morgan fingerprint density at radius 1 is 1.39 bits per heavy atom. The molecule has 0 aromatic carbocycles. The molecule has 102 valence electrons. The molecule has 0 aliphatic carbocycles. The van der Waals surface area contributed by atoms with Crippen LogP contribution in [-0.4, -0.2) is 55.3 Å². The molecule has 1 fully saturated rings. The second kappa shape index (κ2) is 4.76. The van der Waals surface area contributed by atoms with E-state index in [-0.39, 0.29) is 15.1 Å². The average Bonchev–Trinajstić information content (AvgIpc) is 2.62. The summed E-state index contributed by atoms with van der Waals surface area (Å²) < 4.78 is 26.5. The van der Waals surface area contributed by atoms with Crippen molar-refractivity contribution in [1.82, 2.24) is 14.2 Å². The molecule has 0 saturated carbocycles. The van der Waals surface area contributed by atoms with Gasteiger partial charge in [-0.05, 0) is 20.9 Å². The van der Waals surface area contributed by atoms with E-state index in [0.29, 0.717) is 25.3 Å². The predicted molar refractivity (Wildman–Crippen MR) is 70.5 cm³/mol. The van der Waals surface area contributed by atoms with Gasteiger partial charge < -0.3 is 9.88 Å². The first kappa shape index (κ1) is 13.7. The summed E-state index contributed by atoms with van der Waals surface area (Å²) in [6.07, 6.45) is 0. The number of H-pyrrole nitrogens is 1. The third-order valence-electron chi connectivity index (χ3n) is 3.28. The van der Waals surface area contributed by atoms with Gasteiger partial charge in [-0.3, -0.25) is 4.79 Å². The van der Waals surface area contributed by atoms with Crippen molar-refractivity contribution < 1.29 is 8.42 Å². The SMILES string of the molecule is Cc1[nH]c(=O)sc1S(=O)(=O)N1CCN(C)C(C)C1. The summed E-state index contributed by atoms with van der Waals surface area (Å²) in [6, 6.07) is 0.185. The lowest BCUT2D eigenvalue weighted by Crippen LogP contribution is -2.51. The molecule has 1 aliphatic heterocycles. The summed E-state index contributed by atoms with van der Waals surface area (Å²) >= 11 is 0.763. The topological polar surface area (TPSA) is 73.5 Å². The normalized spacial score (nSPS) is 23.4. The molecule has 6 nitrogen and oxygen atoms in total. The number of likely N-dealkylation sites (N-methyl/N-ethyl adjacent to an activating group) is 1. The van der Waals surface area contributed by atoms with Crippen molar-refractivity contribution >= 4 is 21.4 Å². The minimum Gasteiger partial charge on any atom is -0.315 e. The fourth-order valence-electron chi connectivity index (χ4n) is 1.99. The van der Waals surface area contributed by atoms with Crippen LogP contribution in [0.25, 0.3) is 0 Å². The highest BCUT2D eigenvalue weighted by atomic mass is 32.2. The van der Waals surface area contributed by atoms with E-state index in [0.717, 1.165) is 11.3 Å². The van der Waals surface area contributed by atoms with Gasteiger partial charge in [0, 0.05) is 31.4 Å². The molecule has 1 aromatic heterocycles. The number of aryl methyl sites for hydroxylation is 1. The van der Waals surface area contributed by atoms with Gasteiger partial charge in [0.25, 0.3) is 10.0 Å². The van der Waals surface area contributed by atoms with Gasteiger partial charge in [0.15, 0.2) is 4.21 Å². The Kier molecular flexibility index (Phi) is 3.63. The summed E-state index contributed by atoms with van der Waals surface area (Å²) in [5, 5.41) is 0. The first-order chi connectivity index (χ1) is 8.32. The molecule has 0 radical (unpaired) electrons. The van der Waals surface area contributed by atoms with Crippen molar-refractivity contribution in [3.63, 3.8) is 0 Å². The maximum absolute atomic E-state index is 12.4. The van der Waals surface area contributed by atoms with Gasteiger partial charge in [0.2, 0.25) is 0 Å². The van der Waals surface area contributed by atoms with Gasteiger partial charge in [-0.2, -0.15) is 4.31 Å². The third kappa shape index (κ3) is 2.37. The number of sulfonamides is 1. The number of hydrogen-bond acceptors (Lipinski definition) is 5. The van der Waals surface area contributed by atoms with Crippen LogP contribution in [0.2, 0.25) is 0 Å². The number of thiazole rings is 1. The van der Waals surface area contributed by atoms with Crippen LogP contribution in [0.4, 0.5) is 0 Å². The molecule has 2 rings (SSSR count). The van der Waals surface area contributed by atoms with Gasteiger partial charge in [0.05, 0.1) is 0 Å². The van der Waals surface area contributed by atoms with E-state index in [2.05, 4.69) is 9.88 Å². The van der Waals surface area contributed by atoms with E-state index in [1.54, 1.807) is 6.92 Å². The molecular formula is C10H17N3O3S2. The van der Waals surface area contributed by atoms with Gasteiger partial charge in [0.1, 0.15) is 0 Å². The number of nitrogens with zero attached hydrogens (tertiary/aromatic N) is 2. The Morgan fingerprint density at radius 2 is 2.06 bits per heavy atom. The maximum atomic E-state index is 12.4. The monoisotopic (exact) mass is 291 g/mol. The Morgan fingerprint density at radius 3 is 2.56 bits per heavy atom. The van der Waals surface area contributed by atoms with Gasteiger partial charge in [-0.25, -0.2) is 8.42 Å². The molecule has 8 heteroatoms. The van der Waals surface area contributed by atoms with Crippen molar-refractivity contribution in [3.05, 3.63) is 15.4 Å². The van der Waals surface area contributed by atoms with E-state index in [9.17, 15) is 13.2 Å². The summed E-state index contributed by atoms with van der Waals surface area (Å²) in [5.74, 6) is 0. The first-order valence-corrected chi connectivity index (χ1v) is 7.98. The van der Waals surface area contributed by atoms with Gasteiger partial charge in [-0.1, -0.05) is 11.3 Å². The van der Waals surface area contributed by atoms with Crippen molar-refractivity contribution in [2.24, 2.45) is 0 Å². The molecule has 1 atom stereocenters. The minimum atomic E-state index is -3.53. The fourth-order valence-corrected chi connectivity index (χ4v) is 4.93. The molecule has 1 aliphatic rings. The molecule has 0 bridgehead atoms. The zero-order valence-corrected chi connectivity index (χ0v) is 12.3. The Balaban J connectivity index is 2.32. The lowest BCUT2D eigenvalue weighted by molar-refractivity contribution is 0.160. The fraction of sp³-hybridized carbons (Fsp3) is 0.700. The van der Waals surface area contributed by atoms with Crippen LogP contribution >= 0.6 is 11.3 Å². The second-order valence-electron chi connectivity index (χ2n) is 4.62. The summed E-state index contributed by atoms with van der Waals surface area (Å²) in [7, 11) is -1.55. The van der Waals surface area contributed by atoms with E-state index in [1.807, 2.05) is 14.0 Å². The summed E-state index contributed by atoms with van der Waals surface area (Å²) in [4.78, 5) is 15.5. The highest BCUT2D eigenvalue weighted by Gasteiger charge is 2.33. The van der Waals surface area contributed by atoms with Gasteiger partial charge in [-0.15, -0.1) is 0 Å². The van der Waals surface area contributed by atoms with Crippen molar-refractivity contribution in [1.29, 1.82) is 0 Å². The predicted octanol–water partition coefficient (Wildman–Crippen LogP) is 0.0694. The minimum absolute atomic E-state index is 0.143. The standard InChI is InChI=1S/C10H17N3O3S2/c1-7-6-13(5-4-12(7)3)18(15,16)9-8(2)11-10(14)17-9/h7H,4-6H2,1-3H3,(H,11,14). The molecule has 0 amide bonds. The molecule has 18 heavy (non-hydrogen) atoms. The highest BCUT2D eigenvalue weighted by molar-refractivity contribution is 7.91. The molecule has 1 N–H and O–H groups in total. The number of aromatic nitrogens is 1. The number of rotatable bonds is 2. The van der Waals surface area contributed by atoms with Crippen molar-refractivity contribution in [2.45, 2.75) is 24.1 Å². The van der Waals surface area contributed by atoms with Crippen molar-refractivity contribution in [3.8, 4) is 0 Å². The Hall–Kier alpha value is -0.700. The highest BCUT2D eigenvalue weighted by Crippen LogP contribution is 2.23. The summed E-state index contributed by atoms with van der Waals surface area (Å²) in [5.41, 5.74) is 0.427. The lowest BCUT2D eigenvalue weighted by Gasteiger charge is -2.36.